The molecule has 2 aromatic carbocycles. The molecule has 0 unspecified atom stereocenters. The van der Waals surface area contributed by atoms with E-state index in [4.69, 9.17) is 13.9 Å². The van der Waals surface area contributed by atoms with Crippen molar-refractivity contribution >= 4 is 44.3 Å². The summed E-state index contributed by atoms with van der Waals surface area (Å²) in [5.74, 6) is -0.356. The Labute approximate surface area is 191 Å². The third-order valence-corrected chi connectivity index (χ3v) is 6.21. The number of nitrogens with one attached hydrogen (secondary N) is 1. The van der Waals surface area contributed by atoms with Gasteiger partial charge in [0.2, 0.25) is 11.6 Å². The van der Waals surface area contributed by atoms with Gasteiger partial charge in [0.1, 0.15) is 5.82 Å². The third-order valence-electron chi connectivity index (χ3n) is 5.21. The lowest BCUT2D eigenvalue weighted by molar-refractivity contribution is 0.102. The van der Waals surface area contributed by atoms with Gasteiger partial charge in [-0.05, 0) is 36.4 Å². The maximum absolute atomic E-state index is 14.1. The Morgan fingerprint density at radius 3 is 2.73 bits per heavy atom. The molecule has 0 aliphatic rings. The fourth-order valence-electron chi connectivity index (χ4n) is 3.57. The number of anilines is 1. The van der Waals surface area contributed by atoms with Crippen molar-refractivity contribution in [3.63, 3.8) is 0 Å². The second-order valence-corrected chi connectivity index (χ2v) is 7.99. The van der Waals surface area contributed by atoms with Crippen LogP contribution in [0, 0.1) is 5.82 Å². The van der Waals surface area contributed by atoms with Crippen LogP contribution in [0.4, 0.5) is 10.3 Å². The molecule has 3 aromatic heterocycles. The number of thiophene rings is 1. The summed E-state index contributed by atoms with van der Waals surface area (Å²) in [6.07, 6.45) is 0. The number of halogens is 1. The van der Waals surface area contributed by atoms with Gasteiger partial charge in [-0.3, -0.25) is 10.1 Å². The van der Waals surface area contributed by atoms with E-state index < -0.39 is 5.91 Å². The second-order valence-electron chi connectivity index (χ2n) is 7.11. The van der Waals surface area contributed by atoms with Crippen LogP contribution in [0.2, 0.25) is 0 Å². The molecular formula is C24H17FN2O5S. The van der Waals surface area contributed by atoms with Crippen molar-refractivity contribution in [2.24, 2.45) is 0 Å². The summed E-state index contributed by atoms with van der Waals surface area (Å²) in [4.78, 5) is 17.2. The minimum Gasteiger partial charge on any atom is -0.502 e. The van der Waals surface area contributed by atoms with E-state index in [1.165, 1.54) is 37.7 Å². The standard InChI is InChI=1S/C24H17FN2O5S/c1-30-17-8-6-12(10-19(17)31-2)23(29)27-24-21(28)20-18(32-24)9-7-16(26-20)14-11-33-22-13(14)4-3-5-15(22)25/h3-11,28H,1-2H3,(H,27,29). The number of aromatic nitrogens is 1. The van der Waals surface area contributed by atoms with Crippen molar-refractivity contribution in [3.05, 3.63) is 65.3 Å². The van der Waals surface area contributed by atoms with Crippen LogP contribution in [0.25, 0.3) is 32.4 Å². The van der Waals surface area contributed by atoms with Gasteiger partial charge >= 0.3 is 0 Å². The monoisotopic (exact) mass is 464 g/mol. The SMILES string of the molecule is COc1ccc(C(=O)Nc2oc3ccc(-c4csc5c(F)cccc45)nc3c2O)cc1OC. The summed E-state index contributed by atoms with van der Waals surface area (Å²) in [5, 5.41) is 15.8. The molecule has 5 rings (SSSR count). The van der Waals surface area contributed by atoms with Gasteiger partial charge in [0.25, 0.3) is 5.91 Å². The number of amides is 1. The predicted molar refractivity (Wildman–Crippen MR) is 124 cm³/mol. The highest BCUT2D eigenvalue weighted by Gasteiger charge is 2.20. The van der Waals surface area contributed by atoms with Crippen LogP contribution >= 0.6 is 11.3 Å². The molecule has 0 bridgehead atoms. The number of furan rings is 1. The summed E-state index contributed by atoms with van der Waals surface area (Å²) < 4.78 is 30.6. The first-order chi connectivity index (χ1) is 16.0. The van der Waals surface area contributed by atoms with Crippen molar-refractivity contribution < 1.29 is 28.2 Å². The van der Waals surface area contributed by atoms with E-state index in [0.717, 1.165) is 10.9 Å². The van der Waals surface area contributed by atoms with E-state index in [1.54, 1.807) is 30.3 Å². The van der Waals surface area contributed by atoms with Crippen LogP contribution in [0.3, 0.4) is 0 Å². The Morgan fingerprint density at radius 2 is 1.94 bits per heavy atom. The van der Waals surface area contributed by atoms with Crippen molar-refractivity contribution in [1.82, 2.24) is 4.98 Å². The molecule has 0 aliphatic heterocycles. The van der Waals surface area contributed by atoms with Crippen molar-refractivity contribution in [1.29, 1.82) is 0 Å². The first-order valence-electron chi connectivity index (χ1n) is 9.82. The van der Waals surface area contributed by atoms with Crippen LogP contribution < -0.4 is 14.8 Å². The molecule has 3 heterocycles. The van der Waals surface area contributed by atoms with E-state index >= 15 is 0 Å². The highest BCUT2D eigenvalue weighted by Crippen LogP contribution is 2.39. The lowest BCUT2D eigenvalue weighted by Gasteiger charge is -2.09. The minimum absolute atomic E-state index is 0.129. The molecule has 7 nitrogen and oxygen atoms in total. The van der Waals surface area contributed by atoms with Gasteiger partial charge < -0.3 is 19.0 Å². The molecule has 0 spiro atoms. The maximum Gasteiger partial charge on any atom is 0.258 e. The second kappa shape index (κ2) is 8.10. The largest absolute Gasteiger partial charge is 0.502 e. The Balaban J connectivity index is 1.49. The Kier molecular flexibility index (Phi) is 5.10. The number of nitrogens with zero attached hydrogens (tertiary/aromatic N) is 1. The molecular weight excluding hydrogens is 447 g/mol. The predicted octanol–water partition coefficient (Wildman–Crippen LogP) is 5.82. The van der Waals surface area contributed by atoms with E-state index in [-0.39, 0.29) is 28.5 Å². The number of benzene rings is 2. The molecule has 5 aromatic rings. The fraction of sp³-hybridized carbons (Fsp3) is 0.0833. The molecule has 2 N–H and O–H groups in total. The molecule has 0 saturated carbocycles. The third kappa shape index (κ3) is 3.52. The average Bonchev–Trinajstić information content (AvgIpc) is 3.40. The Morgan fingerprint density at radius 1 is 1.12 bits per heavy atom. The summed E-state index contributed by atoms with van der Waals surface area (Å²) in [6, 6.07) is 12.9. The molecule has 33 heavy (non-hydrogen) atoms. The van der Waals surface area contributed by atoms with E-state index in [2.05, 4.69) is 10.3 Å². The van der Waals surface area contributed by atoms with Crippen molar-refractivity contribution in [2.45, 2.75) is 0 Å². The van der Waals surface area contributed by atoms with Gasteiger partial charge in [-0.1, -0.05) is 12.1 Å². The Bertz CT molecular complexity index is 1520. The zero-order chi connectivity index (χ0) is 23.1. The number of fused-ring (bicyclic) bond motifs is 2. The van der Waals surface area contributed by atoms with E-state index in [1.807, 2.05) is 11.4 Å². The molecule has 0 saturated heterocycles. The van der Waals surface area contributed by atoms with Gasteiger partial charge in [0.15, 0.2) is 22.6 Å². The van der Waals surface area contributed by atoms with E-state index in [0.29, 0.717) is 27.5 Å². The number of pyridine rings is 1. The van der Waals surface area contributed by atoms with Crippen LogP contribution in [-0.4, -0.2) is 30.2 Å². The zero-order valence-corrected chi connectivity index (χ0v) is 18.3. The summed E-state index contributed by atoms with van der Waals surface area (Å²) >= 11 is 1.28. The molecule has 0 atom stereocenters. The summed E-state index contributed by atoms with van der Waals surface area (Å²) in [6.45, 7) is 0. The molecule has 0 fully saturated rings. The number of rotatable bonds is 5. The number of carbonyl (C=O) groups excluding carboxylic acids is 1. The lowest BCUT2D eigenvalue weighted by Crippen LogP contribution is -2.11. The van der Waals surface area contributed by atoms with Gasteiger partial charge in [-0.15, -0.1) is 11.3 Å². The smallest absolute Gasteiger partial charge is 0.258 e. The van der Waals surface area contributed by atoms with Crippen molar-refractivity contribution in [2.75, 3.05) is 19.5 Å². The summed E-state index contributed by atoms with van der Waals surface area (Å²) in [7, 11) is 2.97. The van der Waals surface area contributed by atoms with Crippen LogP contribution in [0.5, 0.6) is 17.2 Å². The maximum atomic E-state index is 14.1. The highest BCUT2D eigenvalue weighted by atomic mass is 32.1. The van der Waals surface area contributed by atoms with Gasteiger partial charge in [0, 0.05) is 21.9 Å². The molecule has 9 heteroatoms. The van der Waals surface area contributed by atoms with E-state index in [9.17, 15) is 14.3 Å². The van der Waals surface area contributed by atoms with Crippen LogP contribution in [0.1, 0.15) is 10.4 Å². The van der Waals surface area contributed by atoms with Crippen LogP contribution in [0.15, 0.2) is 58.3 Å². The first-order valence-corrected chi connectivity index (χ1v) is 10.7. The number of aromatic hydroxyl groups is 1. The molecule has 0 radical (unpaired) electrons. The normalized spacial score (nSPS) is 11.1. The quantitative estimate of drug-likeness (QED) is 0.340. The molecule has 1 amide bonds. The average molecular weight is 464 g/mol. The topological polar surface area (TPSA) is 93.8 Å². The number of methoxy groups -OCH3 is 2. The minimum atomic E-state index is -0.509. The zero-order valence-electron chi connectivity index (χ0n) is 17.5. The van der Waals surface area contributed by atoms with Gasteiger partial charge in [-0.2, -0.15) is 0 Å². The number of hydrogen-bond donors (Lipinski definition) is 2. The molecule has 0 aliphatic carbocycles. The number of carbonyl (C=O) groups is 1. The first kappa shape index (κ1) is 20.8. The van der Waals surface area contributed by atoms with Crippen LogP contribution in [-0.2, 0) is 0 Å². The highest BCUT2D eigenvalue weighted by molar-refractivity contribution is 7.17. The van der Waals surface area contributed by atoms with Crippen molar-refractivity contribution in [3.8, 4) is 28.5 Å². The lowest BCUT2D eigenvalue weighted by atomic mass is 10.1. The fourth-order valence-corrected chi connectivity index (χ4v) is 4.54. The molecule has 166 valence electrons. The number of hydrogen-bond acceptors (Lipinski definition) is 7. The number of ether oxygens (including phenoxy) is 2. The Hall–Kier alpha value is -4.11. The van der Waals surface area contributed by atoms with Gasteiger partial charge in [0.05, 0.1) is 24.6 Å². The summed E-state index contributed by atoms with van der Waals surface area (Å²) in [5.41, 5.74) is 2.06. The van der Waals surface area contributed by atoms with Gasteiger partial charge in [-0.25, -0.2) is 9.37 Å².